The monoisotopic (exact) mass is 578 g/mol. The molecule has 0 atom stereocenters. The molecule has 0 aliphatic heterocycles. The molecule has 2 N–H and O–H groups in total. The second-order valence-corrected chi connectivity index (χ2v) is 9.54. The third-order valence-electron chi connectivity index (χ3n) is 6.91. The highest BCUT2D eigenvalue weighted by Gasteiger charge is 2.44. The molecule has 2 aromatic carbocycles. The van der Waals surface area contributed by atoms with E-state index in [0.717, 1.165) is 26.4 Å². The lowest BCUT2D eigenvalue weighted by Gasteiger charge is -2.28. The highest BCUT2D eigenvalue weighted by atomic mass is 16.5. The van der Waals surface area contributed by atoms with Crippen LogP contribution in [0.25, 0.3) is 11.1 Å². The van der Waals surface area contributed by atoms with Crippen molar-refractivity contribution in [2.45, 2.75) is 26.7 Å². The number of benzene rings is 2. The van der Waals surface area contributed by atoms with Gasteiger partial charge in [-0.25, -0.2) is 0 Å². The number of carbonyl (C=O) groups excluding carboxylic acids is 6. The van der Waals surface area contributed by atoms with E-state index >= 15 is 0 Å². The zero-order valence-corrected chi connectivity index (χ0v) is 23.5. The normalized spacial score (nSPS) is 14.5. The maximum atomic E-state index is 14.0. The molecule has 2 aliphatic rings. The van der Waals surface area contributed by atoms with E-state index in [-0.39, 0.29) is 33.8 Å². The molecule has 0 fully saturated rings. The van der Waals surface area contributed by atoms with Gasteiger partial charge in [0, 0.05) is 47.2 Å². The zero-order valence-electron chi connectivity index (χ0n) is 23.5. The Bertz CT molecular complexity index is 1580. The second-order valence-electron chi connectivity index (χ2n) is 9.54. The Kier molecular flexibility index (Phi) is 7.75. The summed E-state index contributed by atoms with van der Waals surface area (Å²) in [5.41, 5.74) is -2.99. The Morgan fingerprint density at radius 1 is 0.548 bits per heavy atom. The summed E-state index contributed by atoms with van der Waals surface area (Å²) in [6, 6.07) is 2.06. The number of hydrogen-bond acceptors (Lipinski definition) is 12. The van der Waals surface area contributed by atoms with Crippen LogP contribution in [0.15, 0.2) is 34.8 Å². The van der Waals surface area contributed by atoms with Gasteiger partial charge in [0.15, 0.2) is 23.1 Å². The van der Waals surface area contributed by atoms with E-state index in [0.29, 0.717) is 0 Å². The number of carbonyl (C=O) groups is 6. The summed E-state index contributed by atoms with van der Waals surface area (Å²) in [5, 5.41) is 21.7. The first-order valence-electron chi connectivity index (χ1n) is 12.4. The summed E-state index contributed by atoms with van der Waals surface area (Å²) < 4.78 is 21.3. The maximum Gasteiger partial charge on any atom is 0.232 e. The largest absolute Gasteiger partial charge is 0.507 e. The number of hydrogen-bond donors (Lipinski definition) is 2. The van der Waals surface area contributed by atoms with Crippen molar-refractivity contribution in [3.05, 3.63) is 57.1 Å². The Hall–Kier alpha value is -5.26. The Labute approximate surface area is 239 Å². The van der Waals surface area contributed by atoms with Crippen LogP contribution in [0.4, 0.5) is 0 Å². The van der Waals surface area contributed by atoms with Gasteiger partial charge in [0.05, 0.1) is 50.7 Å². The van der Waals surface area contributed by atoms with Crippen molar-refractivity contribution in [2.75, 3.05) is 28.4 Å². The first kappa shape index (κ1) is 29.7. The van der Waals surface area contributed by atoms with Crippen molar-refractivity contribution in [3.8, 4) is 34.1 Å². The van der Waals surface area contributed by atoms with Gasteiger partial charge < -0.3 is 29.2 Å². The molecular weight excluding hydrogens is 552 g/mol. The van der Waals surface area contributed by atoms with Crippen molar-refractivity contribution >= 4 is 34.7 Å². The van der Waals surface area contributed by atoms with Crippen molar-refractivity contribution in [1.29, 1.82) is 0 Å². The quantitative estimate of drug-likeness (QED) is 0.444. The molecule has 0 unspecified atom stereocenters. The highest BCUT2D eigenvalue weighted by Crippen LogP contribution is 2.52. The highest BCUT2D eigenvalue weighted by molar-refractivity contribution is 6.34. The van der Waals surface area contributed by atoms with E-state index < -0.39 is 92.8 Å². The van der Waals surface area contributed by atoms with E-state index in [9.17, 15) is 39.0 Å². The standard InChI is InChI=1S/C30H26O12/c1-11(31)7-13-25(35)23-19(27(37)29(13)41-5)15(33)9-17(39-3)21(23)22-18(40-4)10-16(34)20-24(22)26(36)14(8-12(2)32)30(42-6)28(20)38/h9-10,33-34H,7-8H2,1-6H3. The van der Waals surface area contributed by atoms with Crippen LogP contribution in [-0.2, 0) is 19.1 Å². The first-order valence-corrected chi connectivity index (χ1v) is 12.4. The van der Waals surface area contributed by atoms with Gasteiger partial charge >= 0.3 is 0 Å². The van der Waals surface area contributed by atoms with E-state index in [1.54, 1.807) is 0 Å². The molecule has 0 amide bonds. The third kappa shape index (κ3) is 4.41. The Balaban J connectivity index is 2.23. The number of aromatic hydroxyl groups is 2. The molecular formula is C30H26O12. The van der Waals surface area contributed by atoms with Crippen LogP contribution in [0.2, 0.25) is 0 Å². The lowest BCUT2D eigenvalue weighted by molar-refractivity contribution is -0.117. The van der Waals surface area contributed by atoms with Crippen molar-refractivity contribution < 1.29 is 57.9 Å². The van der Waals surface area contributed by atoms with Crippen molar-refractivity contribution in [2.24, 2.45) is 0 Å². The number of methoxy groups -OCH3 is 4. The number of phenolic OH excluding ortho intramolecular Hbond substituents is 2. The average Bonchev–Trinajstić information content (AvgIpc) is 2.93. The molecule has 0 saturated carbocycles. The molecule has 2 aliphatic carbocycles. The Morgan fingerprint density at radius 3 is 1.14 bits per heavy atom. The van der Waals surface area contributed by atoms with Crippen LogP contribution >= 0.6 is 0 Å². The van der Waals surface area contributed by atoms with E-state index in [2.05, 4.69) is 0 Å². The van der Waals surface area contributed by atoms with Gasteiger partial charge in [0.1, 0.15) is 34.6 Å². The lowest BCUT2D eigenvalue weighted by Crippen LogP contribution is -2.27. The van der Waals surface area contributed by atoms with Crippen LogP contribution in [0.1, 0.15) is 68.1 Å². The van der Waals surface area contributed by atoms with Crippen LogP contribution < -0.4 is 9.47 Å². The van der Waals surface area contributed by atoms with Gasteiger partial charge in [-0.1, -0.05) is 0 Å². The lowest BCUT2D eigenvalue weighted by atomic mass is 9.76. The smallest absolute Gasteiger partial charge is 0.232 e. The number of Topliss-reactive ketones (excluding diaryl/α,β-unsaturated/α-hetero) is 6. The molecule has 0 bridgehead atoms. The summed E-state index contributed by atoms with van der Waals surface area (Å²) in [4.78, 5) is 79.4. The number of allylic oxidation sites excluding steroid dienone is 4. The van der Waals surface area contributed by atoms with E-state index in [1.807, 2.05) is 0 Å². The van der Waals surface area contributed by atoms with Crippen molar-refractivity contribution in [1.82, 2.24) is 0 Å². The topological polar surface area (TPSA) is 180 Å². The summed E-state index contributed by atoms with van der Waals surface area (Å²) in [6.45, 7) is 2.41. The summed E-state index contributed by atoms with van der Waals surface area (Å²) in [5.74, 6) is -7.20. The third-order valence-corrected chi connectivity index (χ3v) is 6.91. The molecule has 42 heavy (non-hydrogen) atoms. The minimum atomic E-state index is -0.919. The van der Waals surface area contributed by atoms with Gasteiger partial charge in [-0.2, -0.15) is 0 Å². The van der Waals surface area contributed by atoms with Crippen LogP contribution in [0.5, 0.6) is 23.0 Å². The maximum absolute atomic E-state index is 14.0. The van der Waals surface area contributed by atoms with Gasteiger partial charge in [0.25, 0.3) is 0 Å². The zero-order chi connectivity index (χ0) is 31.2. The van der Waals surface area contributed by atoms with Crippen LogP contribution in [-0.4, -0.2) is 73.4 Å². The fraction of sp³-hybridized carbons (Fsp3) is 0.267. The second kappa shape index (κ2) is 11.0. The molecule has 0 heterocycles. The van der Waals surface area contributed by atoms with Gasteiger partial charge in [-0.15, -0.1) is 0 Å². The SMILES string of the molecule is COC1=C(CC(C)=O)C(=O)c2c(c(O)cc(OC)c2-c2c(OC)cc(O)c3c2C(=O)C(CC(C)=O)=C(OC)C3=O)C1=O. The molecule has 12 heteroatoms. The molecule has 0 radical (unpaired) electrons. The number of ketones is 6. The van der Waals surface area contributed by atoms with E-state index in [1.165, 1.54) is 28.1 Å². The van der Waals surface area contributed by atoms with E-state index in [4.69, 9.17) is 18.9 Å². The van der Waals surface area contributed by atoms with Gasteiger partial charge in [-0.05, 0) is 13.8 Å². The summed E-state index contributed by atoms with van der Waals surface area (Å²) in [6.07, 6.45) is -0.981. The van der Waals surface area contributed by atoms with Gasteiger partial charge in [0.2, 0.25) is 11.6 Å². The predicted octanol–water partition coefficient (Wildman–Crippen LogP) is 3.30. The van der Waals surface area contributed by atoms with Gasteiger partial charge in [-0.3, -0.25) is 28.8 Å². The minimum Gasteiger partial charge on any atom is -0.507 e. The predicted molar refractivity (Wildman–Crippen MR) is 144 cm³/mol. The van der Waals surface area contributed by atoms with Crippen molar-refractivity contribution in [3.63, 3.8) is 0 Å². The molecule has 12 nitrogen and oxygen atoms in total. The number of phenols is 2. The number of fused-ring (bicyclic) bond motifs is 2. The molecule has 0 saturated heterocycles. The first-order chi connectivity index (χ1) is 19.8. The number of rotatable bonds is 9. The molecule has 4 rings (SSSR count). The Morgan fingerprint density at radius 2 is 0.881 bits per heavy atom. The fourth-order valence-corrected chi connectivity index (χ4v) is 5.28. The fourth-order valence-electron chi connectivity index (χ4n) is 5.28. The summed E-state index contributed by atoms with van der Waals surface area (Å²) in [7, 11) is 4.66. The molecule has 0 aromatic heterocycles. The average molecular weight is 579 g/mol. The number of ether oxygens (including phenoxy) is 4. The van der Waals surface area contributed by atoms with Crippen LogP contribution in [0.3, 0.4) is 0 Å². The minimum absolute atomic E-state index is 0.212. The molecule has 2 aromatic rings. The summed E-state index contributed by atoms with van der Waals surface area (Å²) >= 11 is 0. The van der Waals surface area contributed by atoms with Crippen LogP contribution in [0, 0.1) is 0 Å². The molecule has 218 valence electrons. The molecule has 0 spiro atoms.